The van der Waals surface area contributed by atoms with Crippen molar-refractivity contribution in [3.8, 4) is 0 Å². The molecule has 1 aliphatic carbocycles. The van der Waals surface area contributed by atoms with Crippen LogP contribution in [0.15, 0.2) is 33.6 Å². The van der Waals surface area contributed by atoms with Crippen LogP contribution in [0.25, 0.3) is 0 Å². The van der Waals surface area contributed by atoms with Gasteiger partial charge in [0.15, 0.2) is 0 Å². The molecule has 0 saturated heterocycles. The SMILES string of the molecule is NC1CC1NS(=O)(=O)c1cccc(Br)c1. The molecule has 2 rings (SSSR count). The third kappa shape index (κ3) is 2.57. The van der Waals surface area contributed by atoms with E-state index >= 15 is 0 Å². The van der Waals surface area contributed by atoms with Crippen LogP contribution in [0.4, 0.5) is 0 Å². The number of hydrogen-bond donors (Lipinski definition) is 2. The summed E-state index contributed by atoms with van der Waals surface area (Å²) in [4.78, 5) is 0.260. The predicted octanol–water partition coefficient (Wildman–Crippen LogP) is 0.827. The molecule has 6 heteroatoms. The molecular formula is C9H11BrN2O2S. The molecule has 0 heterocycles. The summed E-state index contributed by atoms with van der Waals surface area (Å²) in [5.41, 5.74) is 5.55. The fraction of sp³-hybridized carbons (Fsp3) is 0.333. The quantitative estimate of drug-likeness (QED) is 0.866. The van der Waals surface area contributed by atoms with Gasteiger partial charge in [0.25, 0.3) is 0 Å². The Morgan fingerprint density at radius 1 is 1.47 bits per heavy atom. The minimum atomic E-state index is -3.41. The Kier molecular flexibility index (Phi) is 2.85. The van der Waals surface area contributed by atoms with Gasteiger partial charge in [-0.05, 0) is 24.6 Å². The zero-order valence-corrected chi connectivity index (χ0v) is 10.3. The average Bonchev–Trinajstić information content (AvgIpc) is 2.80. The Bertz CT molecular complexity index is 475. The summed E-state index contributed by atoms with van der Waals surface area (Å²) in [5, 5.41) is 0. The predicted molar refractivity (Wildman–Crippen MR) is 60.8 cm³/mol. The van der Waals surface area contributed by atoms with E-state index in [1.807, 2.05) is 0 Å². The van der Waals surface area contributed by atoms with E-state index in [2.05, 4.69) is 20.7 Å². The molecule has 0 spiro atoms. The Hall–Kier alpha value is -0.430. The fourth-order valence-corrected chi connectivity index (χ4v) is 3.15. The lowest BCUT2D eigenvalue weighted by Gasteiger charge is -2.05. The first-order valence-corrected chi connectivity index (χ1v) is 6.80. The molecule has 1 saturated carbocycles. The van der Waals surface area contributed by atoms with Gasteiger partial charge in [0, 0.05) is 16.6 Å². The van der Waals surface area contributed by atoms with Crippen molar-refractivity contribution in [3.63, 3.8) is 0 Å². The van der Waals surface area contributed by atoms with Crippen molar-refractivity contribution in [3.05, 3.63) is 28.7 Å². The third-order valence-electron chi connectivity index (χ3n) is 2.25. The summed E-state index contributed by atoms with van der Waals surface area (Å²) in [6, 6.07) is 6.45. The van der Waals surface area contributed by atoms with Crippen LogP contribution in [0.1, 0.15) is 6.42 Å². The molecule has 4 nitrogen and oxygen atoms in total. The lowest BCUT2D eigenvalue weighted by Crippen LogP contribution is -2.29. The lowest BCUT2D eigenvalue weighted by molar-refractivity contribution is 0.579. The molecule has 0 amide bonds. The summed E-state index contributed by atoms with van der Waals surface area (Å²) in [6.45, 7) is 0. The number of benzene rings is 1. The van der Waals surface area contributed by atoms with E-state index in [0.29, 0.717) is 6.42 Å². The summed E-state index contributed by atoms with van der Waals surface area (Å²) in [7, 11) is -3.41. The molecule has 0 aliphatic heterocycles. The van der Waals surface area contributed by atoms with Gasteiger partial charge in [0.1, 0.15) is 0 Å². The molecule has 1 fully saturated rings. The van der Waals surface area contributed by atoms with Gasteiger partial charge < -0.3 is 5.73 Å². The molecule has 2 unspecified atom stereocenters. The summed E-state index contributed by atoms with van der Waals surface area (Å²) in [6.07, 6.45) is 0.716. The third-order valence-corrected chi connectivity index (χ3v) is 4.23. The van der Waals surface area contributed by atoms with Crippen LogP contribution >= 0.6 is 15.9 Å². The zero-order chi connectivity index (χ0) is 11.1. The van der Waals surface area contributed by atoms with Crippen molar-refractivity contribution >= 4 is 26.0 Å². The fourth-order valence-electron chi connectivity index (χ4n) is 1.25. The lowest BCUT2D eigenvalue weighted by atomic mass is 10.4. The number of nitrogens with two attached hydrogens (primary N) is 1. The molecule has 0 radical (unpaired) electrons. The van der Waals surface area contributed by atoms with E-state index in [1.54, 1.807) is 24.3 Å². The molecule has 2 atom stereocenters. The maximum Gasteiger partial charge on any atom is 0.240 e. The number of nitrogens with one attached hydrogen (secondary N) is 1. The highest BCUT2D eigenvalue weighted by Gasteiger charge is 2.37. The number of halogens is 1. The summed E-state index contributed by atoms with van der Waals surface area (Å²) < 4.78 is 26.9. The van der Waals surface area contributed by atoms with Crippen molar-refractivity contribution in [2.45, 2.75) is 23.4 Å². The van der Waals surface area contributed by atoms with Crippen LogP contribution in [0.3, 0.4) is 0 Å². The maximum atomic E-state index is 11.8. The van der Waals surface area contributed by atoms with Gasteiger partial charge in [-0.15, -0.1) is 0 Å². The molecule has 0 bridgehead atoms. The van der Waals surface area contributed by atoms with Crippen LogP contribution in [0, 0.1) is 0 Å². The zero-order valence-electron chi connectivity index (χ0n) is 7.85. The number of hydrogen-bond acceptors (Lipinski definition) is 3. The molecule has 1 aromatic rings. The highest BCUT2D eigenvalue weighted by molar-refractivity contribution is 9.10. The maximum absolute atomic E-state index is 11.8. The highest BCUT2D eigenvalue weighted by Crippen LogP contribution is 2.22. The van der Waals surface area contributed by atoms with Crippen LogP contribution in [0.5, 0.6) is 0 Å². The molecule has 1 aliphatic rings. The Morgan fingerprint density at radius 2 is 2.13 bits per heavy atom. The van der Waals surface area contributed by atoms with Gasteiger partial charge in [0.2, 0.25) is 10.0 Å². The van der Waals surface area contributed by atoms with Crippen LogP contribution in [0.2, 0.25) is 0 Å². The van der Waals surface area contributed by atoms with Crippen LogP contribution < -0.4 is 10.5 Å². The van der Waals surface area contributed by atoms with E-state index in [-0.39, 0.29) is 17.0 Å². The van der Waals surface area contributed by atoms with Gasteiger partial charge in [-0.25, -0.2) is 13.1 Å². The Labute approximate surface area is 97.0 Å². The average molecular weight is 291 g/mol. The molecule has 82 valence electrons. The topological polar surface area (TPSA) is 72.2 Å². The molecule has 1 aromatic carbocycles. The summed E-state index contributed by atoms with van der Waals surface area (Å²) in [5.74, 6) is 0. The summed E-state index contributed by atoms with van der Waals surface area (Å²) >= 11 is 3.23. The first kappa shape index (κ1) is 11.1. The smallest absolute Gasteiger partial charge is 0.240 e. The largest absolute Gasteiger partial charge is 0.326 e. The Balaban J connectivity index is 2.21. The minimum Gasteiger partial charge on any atom is -0.326 e. The van der Waals surface area contributed by atoms with Gasteiger partial charge >= 0.3 is 0 Å². The van der Waals surface area contributed by atoms with Gasteiger partial charge in [-0.1, -0.05) is 22.0 Å². The van der Waals surface area contributed by atoms with Crippen molar-refractivity contribution in [2.24, 2.45) is 5.73 Å². The van der Waals surface area contributed by atoms with E-state index in [0.717, 1.165) is 4.47 Å². The molecule has 0 aromatic heterocycles. The van der Waals surface area contributed by atoms with Crippen molar-refractivity contribution < 1.29 is 8.42 Å². The number of rotatable bonds is 3. The molecule has 3 N–H and O–H groups in total. The van der Waals surface area contributed by atoms with Crippen molar-refractivity contribution in [1.29, 1.82) is 0 Å². The second kappa shape index (κ2) is 3.86. The van der Waals surface area contributed by atoms with E-state index in [1.165, 1.54) is 0 Å². The minimum absolute atomic E-state index is 0.0353. The van der Waals surface area contributed by atoms with E-state index in [4.69, 9.17) is 5.73 Å². The van der Waals surface area contributed by atoms with E-state index < -0.39 is 10.0 Å². The standard InChI is InChI=1S/C9H11BrN2O2S/c10-6-2-1-3-7(4-6)15(13,14)12-9-5-8(9)11/h1-4,8-9,12H,5,11H2. The highest BCUT2D eigenvalue weighted by atomic mass is 79.9. The normalized spacial score (nSPS) is 25.2. The monoisotopic (exact) mass is 290 g/mol. The second-order valence-electron chi connectivity index (χ2n) is 3.58. The van der Waals surface area contributed by atoms with E-state index in [9.17, 15) is 8.42 Å². The van der Waals surface area contributed by atoms with Gasteiger partial charge in [-0.2, -0.15) is 0 Å². The first-order valence-electron chi connectivity index (χ1n) is 4.52. The van der Waals surface area contributed by atoms with Crippen molar-refractivity contribution in [1.82, 2.24) is 4.72 Å². The Morgan fingerprint density at radius 3 is 2.67 bits per heavy atom. The van der Waals surface area contributed by atoms with Crippen molar-refractivity contribution in [2.75, 3.05) is 0 Å². The van der Waals surface area contributed by atoms with Gasteiger partial charge in [0.05, 0.1) is 4.90 Å². The van der Waals surface area contributed by atoms with Gasteiger partial charge in [-0.3, -0.25) is 0 Å². The van der Waals surface area contributed by atoms with Crippen LogP contribution in [-0.2, 0) is 10.0 Å². The number of sulfonamides is 1. The van der Waals surface area contributed by atoms with Crippen LogP contribution in [-0.4, -0.2) is 20.5 Å². The first-order chi connectivity index (χ1) is 6.99. The second-order valence-corrected chi connectivity index (χ2v) is 6.21. The molecular weight excluding hydrogens is 280 g/mol. The molecule has 15 heavy (non-hydrogen) atoms.